The summed E-state index contributed by atoms with van der Waals surface area (Å²) in [7, 11) is 0. The molecule has 638 valence electrons. The summed E-state index contributed by atoms with van der Waals surface area (Å²) in [5.41, 5.74) is 11.4. The van der Waals surface area contributed by atoms with E-state index in [1.54, 1.807) is 0 Å². The molecule has 10 aromatic heterocycles. The predicted molar refractivity (Wildman–Crippen MR) is 531 cm³/mol. The maximum absolute atomic E-state index is 5.99. The molecular formula is C102H150N4S10. The Kier molecular flexibility index (Phi) is 44.5. The molecule has 0 atom stereocenters. The zero-order valence-corrected chi connectivity index (χ0v) is 82.3. The average Bonchev–Trinajstić information content (AvgIpc) is 1.62. The fraction of sp³-hybridized carbons (Fsp3) is 0.647. The van der Waals surface area contributed by atoms with Crippen molar-refractivity contribution in [2.75, 3.05) is 0 Å². The van der Waals surface area contributed by atoms with Crippen LogP contribution in [-0.2, 0) is 51.4 Å². The number of hydrogen-bond donors (Lipinski definition) is 0. The molecule has 14 heteroatoms. The molecule has 0 bridgehead atoms. The maximum atomic E-state index is 5.99. The highest BCUT2D eigenvalue weighted by Crippen LogP contribution is 2.53. The van der Waals surface area contributed by atoms with Crippen LogP contribution >= 0.6 is 113 Å². The van der Waals surface area contributed by atoms with E-state index in [-0.39, 0.29) is 0 Å². The minimum absolute atomic E-state index is 1.03. The number of aromatic nitrogens is 4. The fourth-order valence-electron chi connectivity index (χ4n) is 16.8. The van der Waals surface area contributed by atoms with E-state index >= 15 is 0 Å². The summed E-state index contributed by atoms with van der Waals surface area (Å²) in [6.45, 7) is 23.3. The Morgan fingerprint density at radius 3 is 0.655 bits per heavy atom. The van der Waals surface area contributed by atoms with Crippen molar-refractivity contribution in [1.82, 2.24) is 19.9 Å². The van der Waals surface area contributed by atoms with Crippen molar-refractivity contribution in [1.29, 1.82) is 0 Å². The molecule has 10 heterocycles. The Morgan fingerprint density at radius 1 is 0.181 bits per heavy atom. The van der Waals surface area contributed by atoms with E-state index in [2.05, 4.69) is 140 Å². The van der Waals surface area contributed by atoms with Gasteiger partial charge in [0.05, 0.1) is 61.8 Å². The molecule has 0 fully saturated rings. The molecule has 0 spiro atoms. The zero-order chi connectivity index (χ0) is 81.3. The minimum Gasteiger partial charge on any atom is -0.240 e. The molecule has 0 amide bonds. The van der Waals surface area contributed by atoms with E-state index < -0.39 is 0 Å². The molecule has 0 unspecified atom stereocenters. The van der Waals surface area contributed by atoms with Crippen LogP contribution in [0.5, 0.6) is 0 Å². The largest absolute Gasteiger partial charge is 0.240 e. The fourth-order valence-corrected chi connectivity index (χ4v) is 28.8. The van der Waals surface area contributed by atoms with Gasteiger partial charge in [-0.15, -0.1) is 113 Å². The summed E-state index contributed by atoms with van der Waals surface area (Å²) in [6.07, 6.45) is 71.2. The number of rotatable bonds is 65. The van der Waals surface area contributed by atoms with Crippen LogP contribution in [0.4, 0.5) is 0 Å². The Bertz CT molecular complexity index is 4300. The van der Waals surface area contributed by atoms with Gasteiger partial charge >= 0.3 is 0 Å². The minimum atomic E-state index is 1.03. The van der Waals surface area contributed by atoms with E-state index in [1.807, 2.05) is 90.7 Å². The third-order valence-corrected chi connectivity index (χ3v) is 36.3. The van der Waals surface area contributed by atoms with Crippen molar-refractivity contribution in [2.45, 2.75) is 429 Å². The van der Waals surface area contributed by atoms with Gasteiger partial charge in [-0.05, 0) is 187 Å². The average molecular weight is 1750 g/mol. The molecule has 0 radical (unpaired) electrons. The monoisotopic (exact) mass is 1750 g/mol. The number of thiophene rings is 6. The maximum Gasteiger partial charge on any atom is 0.134 e. The second-order valence-electron chi connectivity index (χ2n) is 34.0. The van der Waals surface area contributed by atoms with Gasteiger partial charge in [0, 0.05) is 39.0 Å². The number of unbranched alkanes of at least 4 members (excludes halogenated alkanes) is 40. The molecule has 0 N–H and O–H groups in total. The smallest absolute Gasteiger partial charge is 0.134 e. The summed E-state index contributed by atoms with van der Waals surface area (Å²) < 4.78 is 0. The summed E-state index contributed by atoms with van der Waals surface area (Å²) >= 11 is 20.1. The lowest BCUT2D eigenvalue weighted by Gasteiger charge is -2.04. The molecule has 0 aromatic carbocycles. The first-order valence-electron chi connectivity index (χ1n) is 47.7. The lowest BCUT2D eigenvalue weighted by molar-refractivity contribution is 0.604. The van der Waals surface area contributed by atoms with Crippen molar-refractivity contribution < 1.29 is 0 Å². The van der Waals surface area contributed by atoms with Crippen LogP contribution < -0.4 is 0 Å². The van der Waals surface area contributed by atoms with E-state index in [9.17, 15) is 0 Å². The number of aryl methyl sites for hydroxylation is 10. The molecule has 0 saturated heterocycles. The summed E-state index contributed by atoms with van der Waals surface area (Å²) in [5, 5.41) is 4.99. The van der Waals surface area contributed by atoms with Gasteiger partial charge in [0.25, 0.3) is 0 Å². The van der Waals surface area contributed by atoms with Crippen molar-refractivity contribution in [2.24, 2.45) is 0 Å². The summed E-state index contributed by atoms with van der Waals surface area (Å²) in [5.74, 6) is 0. The summed E-state index contributed by atoms with van der Waals surface area (Å²) in [4.78, 5) is 45.9. The van der Waals surface area contributed by atoms with Crippen LogP contribution in [-0.4, -0.2) is 19.9 Å². The number of nitrogens with zero attached hydrogens (tertiary/aromatic N) is 4. The lowest BCUT2D eigenvalue weighted by Crippen LogP contribution is -1.93. The second kappa shape index (κ2) is 54.4. The first-order chi connectivity index (χ1) is 57.1. The Balaban J connectivity index is 1.02. The second-order valence-corrected chi connectivity index (χ2v) is 44.8. The topological polar surface area (TPSA) is 51.6 Å². The molecule has 116 heavy (non-hydrogen) atoms. The van der Waals surface area contributed by atoms with E-state index in [0.29, 0.717) is 0 Å². The van der Waals surface area contributed by atoms with Gasteiger partial charge < -0.3 is 0 Å². The highest BCUT2D eigenvalue weighted by molar-refractivity contribution is 7.32. The quantitative estimate of drug-likeness (QED) is 0.0357. The van der Waals surface area contributed by atoms with Gasteiger partial charge in [-0.3, -0.25) is 0 Å². The SMILES string of the molecule is CCCCCCCCc1cc(C)sc1-c1nc(CCCCCCCC)c(-c2ccc(-c3ccc(-c4sc(-c5sc(-c6cc(CCCCCCCC)c(-c7nc(CCCCCCCC)c(-c8sc(-c9sc(C)cc9CCCCCCCC)nc8CCCCCCCC)s7)s6)cc5CCCCCCCC)nc4CCCCCCCC)s3)s2)s1. The Morgan fingerprint density at radius 2 is 0.388 bits per heavy atom. The van der Waals surface area contributed by atoms with Crippen LogP contribution in [0.2, 0.25) is 0 Å². The van der Waals surface area contributed by atoms with Gasteiger partial charge in [0.1, 0.15) is 20.0 Å². The highest BCUT2D eigenvalue weighted by Gasteiger charge is 2.29. The number of hydrogen-bond acceptors (Lipinski definition) is 14. The van der Waals surface area contributed by atoms with E-state index in [1.165, 1.54) is 451 Å². The van der Waals surface area contributed by atoms with Crippen LogP contribution in [0.3, 0.4) is 0 Å². The van der Waals surface area contributed by atoms with Gasteiger partial charge in [-0.25, -0.2) is 19.9 Å². The van der Waals surface area contributed by atoms with Gasteiger partial charge in [-0.1, -0.05) is 312 Å². The highest BCUT2D eigenvalue weighted by atomic mass is 32.1. The van der Waals surface area contributed by atoms with Crippen LogP contribution in [0, 0.1) is 13.8 Å². The standard InChI is InChI=1S/C102H150N4S10/c1-11-19-27-35-43-51-59-77-71-75(9)107-91(77)99-103-81(63-55-47-39-31-23-15-5)95(113-99)87-69-67-85(109-87)86-68-70-88(110-86)96-82(64-56-48-40-32-24-16-6)104-101(114-96)93-79(61-53-45-37-29-21-13-3)73-89(111-93)90-74-80(62-54-46-38-30-22-14-4)94(112-90)102-106-84(66-58-50-42-34-26-18-8)98(116-102)97-83(65-57-49-41-33-25-17-7)105-100(115-97)92-78(72-76(10)108-92)60-52-44-36-28-20-12-2/h67-74H,11-66H2,1-10H3. The van der Waals surface area contributed by atoms with Crippen LogP contribution in [0.1, 0.15) is 418 Å². The normalized spacial score (nSPS) is 11.9. The number of thiazole rings is 4. The molecule has 4 nitrogen and oxygen atoms in total. The summed E-state index contributed by atoms with van der Waals surface area (Å²) in [6, 6.07) is 20.1. The van der Waals surface area contributed by atoms with Gasteiger partial charge in [0.2, 0.25) is 0 Å². The Hall–Kier alpha value is -3.28. The van der Waals surface area contributed by atoms with Crippen LogP contribution in [0.25, 0.3) is 88.3 Å². The zero-order valence-electron chi connectivity index (χ0n) is 74.1. The molecule has 10 rings (SSSR count). The molecule has 0 aliphatic carbocycles. The first-order valence-corrected chi connectivity index (χ1v) is 55.9. The van der Waals surface area contributed by atoms with E-state index in [4.69, 9.17) is 19.9 Å². The molecule has 0 aliphatic heterocycles. The van der Waals surface area contributed by atoms with Crippen molar-refractivity contribution >= 4 is 113 Å². The predicted octanol–water partition coefficient (Wildman–Crippen LogP) is 38.7. The van der Waals surface area contributed by atoms with Gasteiger partial charge in [0.15, 0.2) is 0 Å². The van der Waals surface area contributed by atoms with Crippen molar-refractivity contribution in [3.8, 4) is 88.3 Å². The molecule has 0 aliphatic rings. The van der Waals surface area contributed by atoms with Crippen molar-refractivity contribution in [3.63, 3.8) is 0 Å². The van der Waals surface area contributed by atoms with Gasteiger partial charge in [-0.2, -0.15) is 0 Å². The third-order valence-electron chi connectivity index (χ3n) is 23.7. The molecule has 0 saturated carbocycles. The van der Waals surface area contributed by atoms with Crippen molar-refractivity contribution in [3.05, 3.63) is 103 Å². The molecular weight excluding hydrogens is 1600 g/mol. The van der Waals surface area contributed by atoms with E-state index in [0.717, 1.165) is 51.4 Å². The van der Waals surface area contributed by atoms with Crippen LogP contribution in [0.15, 0.2) is 48.5 Å². The Labute approximate surface area is 746 Å². The third kappa shape index (κ3) is 30.0. The first kappa shape index (κ1) is 95.0. The lowest BCUT2D eigenvalue weighted by atomic mass is 10.0. The molecule has 10 aromatic rings.